The van der Waals surface area contributed by atoms with Gasteiger partial charge in [-0.1, -0.05) is 90.7 Å². The van der Waals surface area contributed by atoms with Crippen molar-refractivity contribution >= 4 is 48.2 Å². The molecule has 0 unspecified atom stereocenters. The minimum atomic E-state index is 1.03. The zero-order chi connectivity index (χ0) is 18.2. The predicted molar refractivity (Wildman–Crippen MR) is 119 cm³/mol. The Morgan fingerprint density at radius 1 is 0.481 bits per heavy atom. The smallest absolute Gasteiger partial charge is 0.0469 e. The molecule has 5 rings (SSSR count). The van der Waals surface area contributed by atoms with E-state index >= 15 is 0 Å². The first-order valence-electron chi connectivity index (χ1n) is 8.91. The SMILES string of the molecule is Brc1ccc2ccccc2c1C#Cc1c2ccccc2cc2ccccc12. The van der Waals surface area contributed by atoms with Gasteiger partial charge in [-0.2, -0.15) is 0 Å². The second kappa shape index (κ2) is 6.58. The highest BCUT2D eigenvalue weighted by Gasteiger charge is 2.06. The third-order valence-corrected chi connectivity index (χ3v) is 5.62. The van der Waals surface area contributed by atoms with Crippen molar-refractivity contribution in [3.8, 4) is 11.8 Å². The molecule has 5 aromatic rings. The Hall–Kier alpha value is -3.08. The first-order chi connectivity index (χ1) is 13.3. The summed E-state index contributed by atoms with van der Waals surface area (Å²) in [5, 5.41) is 7.20. The van der Waals surface area contributed by atoms with Crippen molar-refractivity contribution < 1.29 is 0 Å². The quantitative estimate of drug-likeness (QED) is 0.187. The molecule has 0 aliphatic carbocycles. The highest BCUT2D eigenvalue weighted by Crippen LogP contribution is 2.29. The fraction of sp³-hybridized carbons (Fsp3) is 0. The van der Waals surface area contributed by atoms with E-state index in [4.69, 9.17) is 0 Å². The van der Waals surface area contributed by atoms with Crippen LogP contribution in [0.5, 0.6) is 0 Å². The number of rotatable bonds is 0. The van der Waals surface area contributed by atoms with E-state index in [0.717, 1.165) is 15.6 Å². The van der Waals surface area contributed by atoms with Gasteiger partial charge in [-0.3, -0.25) is 0 Å². The van der Waals surface area contributed by atoms with E-state index in [1.54, 1.807) is 0 Å². The summed E-state index contributed by atoms with van der Waals surface area (Å²) in [5.41, 5.74) is 2.12. The molecule has 0 spiro atoms. The Labute approximate surface area is 166 Å². The van der Waals surface area contributed by atoms with E-state index in [1.807, 2.05) is 0 Å². The van der Waals surface area contributed by atoms with Gasteiger partial charge in [0.05, 0.1) is 0 Å². The van der Waals surface area contributed by atoms with E-state index in [2.05, 4.69) is 119 Å². The van der Waals surface area contributed by atoms with Gasteiger partial charge in [-0.25, -0.2) is 0 Å². The summed E-state index contributed by atoms with van der Waals surface area (Å²) in [6.07, 6.45) is 0. The fourth-order valence-corrected chi connectivity index (χ4v) is 4.09. The molecule has 0 atom stereocenters. The zero-order valence-electron chi connectivity index (χ0n) is 14.5. The van der Waals surface area contributed by atoms with Crippen molar-refractivity contribution in [2.24, 2.45) is 0 Å². The van der Waals surface area contributed by atoms with Crippen molar-refractivity contribution in [2.75, 3.05) is 0 Å². The van der Waals surface area contributed by atoms with Crippen LogP contribution in [0.15, 0.2) is 95.5 Å². The van der Waals surface area contributed by atoms with Gasteiger partial charge in [-0.15, -0.1) is 0 Å². The van der Waals surface area contributed by atoms with Crippen LogP contribution in [0.1, 0.15) is 11.1 Å². The average molecular weight is 407 g/mol. The van der Waals surface area contributed by atoms with Crippen LogP contribution in [0.2, 0.25) is 0 Å². The van der Waals surface area contributed by atoms with E-state index in [9.17, 15) is 0 Å². The van der Waals surface area contributed by atoms with Crippen LogP contribution >= 0.6 is 15.9 Å². The van der Waals surface area contributed by atoms with E-state index in [-0.39, 0.29) is 0 Å². The minimum Gasteiger partial charge on any atom is -0.0616 e. The highest BCUT2D eigenvalue weighted by molar-refractivity contribution is 9.10. The van der Waals surface area contributed by atoms with Gasteiger partial charge in [0.15, 0.2) is 0 Å². The Kier molecular flexibility index (Phi) is 3.93. The topological polar surface area (TPSA) is 0 Å². The van der Waals surface area contributed by atoms with Crippen molar-refractivity contribution in [1.29, 1.82) is 0 Å². The summed E-state index contributed by atoms with van der Waals surface area (Å²) in [4.78, 5) is 0. The first kappa shape index (κ1) is 16.1. The molecule has 0 saturated heterocycles. The van der Waals surface area contributed by atoms with Crippen molar-refractivity contribution in [1.82, 2.24) is 0 Å². The molecule has 0 radical (unpaired) electrons. The lowest BCUT2D eigenvalue weighted by Crippen LogP contribution is -1.86. The lowest BCUT2D eigenvalue weighted by molar-refractivity contribution is 1.64. The van der Waals surface area contributed by atoms with Crippen molar-refractivity contribution in [3.63, 3.8) is 0 Å². The molecule has 0 heterocycles. The minimum absolute atomic E-state index is 1.03. The number of fused-ring (bicyclic) bond motifs is 3. The zero-order valence-corrected chi connectivity index (χ0v) is 16.1. The second-order valence-electron chi connectivity index (χ2n) is 6.59. The molecule has 0 aliphatic rings. The molecule has 1 heteroatoms. The Bertz CT molecular complexity index is 1330. The molecule has 5 aromatic carbocycles. The Morgan fingerprint density at radius 2 is 0.963 bits per heavy atom. The molecule has 0 aliphatic heterocycles. The monoisotopic (exact) mass is 406 g/mol. The Morgan fingerprint density at radius 3 is 1.59 bits per heavy atom. The summed E-state index contributed by atoms with van der Waals surface area (Å²) in [6, 6.07) is 31.8. The van der Waals surface area contributed by atoms with Crippen LogP contribution in [0.25, 0.3) is 32.3 Å². The van der Waals surface area contributed by atoms with Crippen LogP contribution in [0.3, 0.4) is 0 Å². The molecule has 0 saturated carbocycles. The standard InChI is InChI=1S/C26H15Br/c27-26-16-13-18-7-1-4-10-21(18)25(26)15-14-24-22-11-5-2-8-19(22)17-20-9-3-6-12-23(20)24/h1-13,16-17H. The number of hydrogen-bond donors (Lipinski definition) is 0. The fourth-order valence-electron chi connectivity index (χ4n) is 3.65. The molecule has 27 heavy (non-hydrogen) atoms. The van der Waals surface area contributed by atoms with Crippen LogP contribution in [0.4, 0.5) is 0 Å². The maximum Gasteiger partial charge on any atom is 0.0469 e. The van der Waals surface area contributed by atoms with E-state index in [1.165, 1.54) is 32.3 Å². The number of benzene rings is 5. The maximum atomic E-state index is 3.69. The van der Waals surface area contributed by atoms with Gasteiger partial charge in [0.25, 0.3) is 0 Å². The summed E-state index contributed by atoms with van der Waals surface area (Å²) in [5.74, 6) is 6.96. The summed E-state index contributed by atoms with van der Waals surface area (Å²) < 4.78 is 1.03. The molecule has 0 aromatic heterocycles. The summed E-state index contributed by atoms with van der Waals surface area (Å²) in [6.45, 7) is 0. The van der Waals surface area contributed by atoms with E-state index < -0.39 is 0 Å². The molecular formula is C26H15Br. The number of hydrogen-bond acceptors (Lipinski definition) is 0. The first-order valence-corrected chi connectivity index (χ1v) is 9.70. The number of halogens is 1. The average Bonchev–Trinajstić information content (AvgIpc) is 2.72. The lowest BCUT2D eigenvalue weighted by atomic mass is 9.96. The van der Waals surface area contributed by atoms with Crippen LogP contribution < -0.4 is 0 Å². The van der Waals surface area contributed by atoms with Gasteiger partial charge >= 0.3 is 0 Å². The molecule has 126 valence electrons. The van der Waals surface area contributed by atoms with Crippen LogP contribution in [0, 0.1) is 11.8 Å². The molecule has 0 bridgehead atoms. The van der Waals surface area contributed by atoms with Gasteiger partial charge in [0.1, 0.15) is 0 Å². The van der Waals surface area contributed by atoms with E-state index in [0.29, 0.717) is 0 Å². The maximum absolute atomic E-state index is 3.69. The van der Waals surface area contributed by atoms with Gasteiger partial charge in [-0.05, 0) is 60.4 Å². The predicted octanol–water partition coefficient (Wildman–Crippen LogP) is 7.31. The van der Waals surface area contributed by atoms with Gasteiger partial charge < -0.3 is 0 Å². The normalized spacial score (nSPS) is 10.9. The summed E-state index contributed by atoms with van der Waals surface area (Å²) >= 11 is 3.69. The van der Waals surface area contributed by atoms with Crippen LogP contribution in [-0.4, -0.2) is 0 Å². The third kappa shape index (κ3) is 2.79. The molecule has 0 nitrogen and oxygen atoms in total. The van der Waals surface area contributed by atoms with Gasteiger partial charge in [0.2, 0.25) is 0 Å². The highest BCUT2D eigenvalue weighted by atomic mass is 79.9. The van der Waals surface area contributed by atoms with Crippen molar-refractivity contribution in [2.45, 2.75) is 0 Å². The molecule has 0 N–H and O–H groups in total. The lowest BCUT2D eigenvalue weighted by Gasteiger charge is -2.07. The Balaban J connectivity index is 1.83. The summed E-state index contributed by atoms with van der Waals surface area (Å²) in [7, 11) is 0. The molecular weight excluding hydrogens is 392 g/mol. The molecule has 0 amide bonds. The third-order valence-electron chi connectivity index (χ3n) is 4.96. The second-order valence-corrected chi connectivity index (χ2v) is 7.44. The largest absolute Gasteiger partial charge is 0.0616 e. The van der Waals surface area contributed by atoms with Crippen molar-refractivity contribution in [3.05, 3.63) is 107 Å². The molecule has 0 fully saturated rings. The van der Waals surface area contributed by atoms with Crippen LogP contribution in [-0.2, 0) is 0 Å². The van der Waals surface area contributed by atoms with Gasteiger partial charge in [0, 0.05) is 15.6 Å².